The second-order valence-electron chi connectivity index (χ2n) is 6.23. The van der Waals surface area contributed by atoms with E-state index in [-0.39, 0.29) is 18.0 Å². The third kappa shape index (κ3) is 7.08. The zero-order chi connectivity index (χ0) is 16.0. The van der Waals surface area contributed by atoms with Gasteiger partial charge in [-0.1, -0.05) is 20.8 Å². The molecule has 1 aromatic heterocycles. The van der Waals surface area contributed by atoms with E-state index in [0.717, 1.165) is 9.88 Å². The number of hydrogen-bond donors (Lipinski definition) is 3. The number of rotatable bonds is 6. The Morgan fingerprint density at radius 2 is 2.05 bits per heavy atom. The third-order valence-corrected chi connectivity index (χ3v) is 3.70. The minimum absolute atomic E-state index is 0.0976. The normalized spacial score (nSPS) is 12.8. The van der Waals surface area contributed by atoms with Gasteiger partial charge in [-0.25, -0.2) is 9.78 Å². The molecule has 0 saturated carbocycles. The molecule has 0 aliphatic carbocycles. The minimum Gasteiger partial charge on any atom is -0.481 e. The zero-order valence-electron chi connectivity index (χ0n) is 12.9. The first-order valence-electron chi connectivity index (χ1n) is 6.83. The molecule has 1 heterocycles. The van der Waals surface area contributed by atoms with Gasteiger partial charge in [-0.05, 0) is 18.8 Å². The van der Waals surface area contributed by atoms with Crippen LogP contribution in [0.1, 0.15) is 37.1 Å². The summed E-state index contributed by atoms with van der Waals surface area (Å²) in [6, 6.07) is -0.372. The lowest BCUT2D eigenvalue weighted by molar-refractivity contribution is -0.142. The van der Waals surface area contributed by atoms with Gasteiger partial charge in [0.15, 0.2) is 0 Å². The number of aromatic nitrogens is 1. The van der Waals surface area contributed by atoms with Crippen LogP contribution in [0.15, 0.2) is 6.20 Å². The van der Waals surface area contributed by atoms with Gasteiger partial charge in [-0.2, -0.15) is 0 Å². The van der Waals surface area contributed by atoms with Crippen molar-refractivity contribution in [2.75, 3.05) is 6.54 Å². The molecule has 0 bridgehead atoms. The summed E-state index contributed by atoms with van der Waals surface area (Å²) in [7, 11) is 0. The van der Waals surface area contributed by atoms with E-state index < -0.39 is 11.9 Å². The second kappa shape index (κ2) is 7.40. The molecule has 0 aliphatic rings. The molecule has 3 N–H and O–H groups in total. The number of aryl methyl sites for hydroxylation is 1. The number of aliphatic carboxylic acids is 1. The molecule has 1 rings (SSSR count). The third-order valence-electron chi connectivity index (χ3n) is 2.79. The minimum atomic E-state index is -0.888. The van der Waals surface area contributed by atoms with Crippen LogP contribution < -0.4 is 10.6 Å². The van der Waals surface area contributed by atoms with Crippen molar-refractivity contribution in [2.45, 2.75) is 40.7 Å². The fraction of sp³-hybridized carbons (Fsp3) is 0.643. The lowest BCUT2D eigenvalue weighted by Crippen LogP contribution is -2.40. The summed E-state index contributed by atoms with van der Waals surface area (Å²) in [6.45, 7) is 8.36. The van der Waals surface area contributed by atoms with E-state index in [4.69, 9.17) is 0 Å². The van der Waals surface area contributed by atoms with E-state index in [1.807, 2.05) is 27.7 Å². The van der Waals surface area contributed by atoms with Crippen molar-refractivity contribution in [2.24, 2.45) is 11.3 Å². The van der Waals surface area contributed by atoms with E-state index in [9.17, 15) is 14.7 Å². The first-order chi connectivity index (χ1) is 9.67. The lowest BCUT2D eigenvalue weighted by Gasteiger charge is -2.23. The van der Waals surface area contributed by atoms with Crippen molar-refractivity contribution >= 4 is 23.3 Å². The van der Waals surface area contributed by atoms with Crippen molar-refractivity contribution in [3.63, 3.8) is 0 Å². The Balaban J connectivity index is 2.37. The molecule has 21 heavy (non-hydrogen) atoms. The van der Waals surface area contributed by atoms with E-state index in [1.165, 1.54) is 11.3 Å². The maximum absolute atomic E-state index is 11.7. The Morgan fingerprint density at radius 3 is 2.52 bits per heavy atom. The number of nitrogens with one attached hydrogen (secondary N) is 2. The van der Waals surface area contributed by atoms with Crippen LogP contribution in [0.4, 0.5) is 4.79 Å². The van der Waals surface area contributed by atoms with Crippen LogP contribution in [0.3, 0.4) is 0 Å². The molecular weight excluding hydrogens is 290 g/mol. The summed E-state index contributed by atoms with van der Waals surface area (Å²) in [5.41, 5.74) is -0.0976. The summed E-state index contributed by atoms with van der Waals surface area (Å²) in [5, 5.41) is 15.3. The summed E-state index contributed by atoms with van der Waals surface area (Å²) in [5.74, 6) is -1.47. The van der Waals surface area contributed by atoms with E-state index >= 15 is 0 Å². The van der Waals surface area contributed by atoms with Gasteiger partial charge in [0, 0.05) is 17.6 Å². The lowest BCUT2D eigenvalue weighted by atomic mass is 9.84. The first-order valence-corrected chi connectivity index (χ1v) is 7.65. The number of thiazole rings is 1. The number of carboxylic acid groups (broad SMARTS) is 1. The van der Waals surface area contributed by atoms with Crippen molar-refractivity contribution in [1.29, 1.82) is 0 Å². The number of hydrogen-bond acceptors (Lipinski definition) is 4. The van der Waals surface area contributed by atoms with Crippen molar-refractivity contribution in [3.05, 3.63) is 16.1 Å². The van der Waals surface area contributed by atoms with Gasteiger partial charge < -0.3 is 15.7 Å². The zero-order valence-corrected chi connectivity index (χ0v) is 13.7. The highest BCUT2D eigenvalue weighted by Gasteiger charge is 2.24. The van der Waals surface area contributed by atoms with Crippen LogP contribution >= 0.6 is 11.3 Å². The van der Waals surface area contributed by atoms with Gasteiger partial charge in [0.05, 0.1) is 12.5 Å². The van der Waals surface area contributed by atoms with Gasteiger partial charge >= 0.3 is 12.0 Å². The van der Waals surface area contributed by atoms with E-state index in [0.29, 0.717) is 13.0 Å². The molecule has 1 atom stereocenters. The number of nitrogens with zero attached hydrogens (tertiary/aromatic N) is 1. The Hall–Kier alpha value is -1.63. The predicted molar refractivity (Wildman–Crippen MR) is 82.3 cm³/mol. The molecule has 1 aromatic rings. The van der Waals surface area contributed by atoms with Crippen LogP contribution in [0.5, 0.6) is 0 Å². The molecule has 1 unspecified atom stereocenters. The molecule has 0 radical (unpaired) electrons. The summed E-state index contributed by atoms with van der Waals surface area (Å²) in [4.78, 5) is 28.1. The van der Waals surface area contributed by atoms with Crippen molar-refractivity contribution < 1.29 is 14.7 Å². The highest BCUT2D eigenvalue weighted by Crippen LogP contribution is 2.24. The van der Waals surface area contributed by atoms with Crippen LogP contribution in [-0.4, -0.2) is 28.6 Å². The average Bonchev–Trinajstić information content (AvgIpc) is 2.76. The Labute approximate surface area is 129 Å². The molecule has 6 nitrogen and oxygen atoms in total. The average molecular weight is 313 g/mol. The van der Waals surface area contributed by atoms with Gasteiger partial charge in [0.2, 0.25) is 0 Å². The summed E-state index contributed by atoms with van der Waals surface area (Å²) >= 11 is 1.52. The molecular formula is C14H23N3O3S. The molecule has 0 saturated heterocycles. The van der Waals surface area contributed by atoms with E-state index in [2.05, 4.69) is 15.6 Å². The largest absolute Gasteiger partial charge is 0.481 e. The fourth-order valence-corrected chi connectivity index (χ4v) is 2.63. The topological polar surface area (TPSA) is 91.3 Å². The Kier molecular flexibility index (Phi) is 6.14. The quantitative estimate of drug-likeness (QED) is 0.752. The molecule has 0 aromatic carbocycles. The van der Waals surface area contributed by atoms with Crippen molar-refractivity contribution in [3.8, 4) is 0 Å². The molecule has 0 fully saturated rings. The molecule has 118 valence electrons. The van der Waals surface area contributed by atoms with Gasteiger partial charge in [0.1, 0.15) is 5.01 Å². The second-order valence-corrected chi connectivity index (χ2v) is 7.55. The summed E-state index contributed by atoms with van der Waals surface area (Å²) in [6.07, 6.45) is 2.26. The smallest absolute Gasteiger partial charge is 0.315 e. The number of urea groups is 1. The van der Waals surface area contributed by atoms with Crippen LogP contribution in [0.25, 0.3) is 0 Å². The molecule has 7 heteroatoms. The Morgan fingerprint density at radius 1 is 1.38 bits per heavy atom. The number of carbonyl (C=O) groups is 2. The van der Waals surface area contributed by atoms with Crippen LogP contribution in [0.2, 0.25) is 0 Å². The molecule has 0 aliphatic heterocycles. The van der Waals surface area contributed by atoms with Gasteiger partial charge in [-0.3, -0.25) is 4.79 Å². The SMILES string of the molecule is Cc1cnc(CNC(=O)NCC(CC(C)(C)C)C(=O)O)s1. The van der Waals surface area contributed by atoms with Gasteiger partial charge in [0.25, 0.3) is 0 Å². The number of amides is 2. The van der Waals surface area contributed by atoms with Gasteiger partial charge in [-0.15, -0.1) is 11.3 Å². The number of carboxylic acids is 1. The summed E-state index contributed by atoms with van der Waals surface area (Å²) < 4.78 is 0. The number of carbonyl (C=O) groups excluding carboxylic acids is 1. The Bertz CT molecular complexity index is 494. The molecule has 2 amide bonds. The predicted octanol–water partition coefficient (Wildman–Crippen LogP) is 2.39. The maximum atomic E-state index is 11.7. The standard InChI is InChI=1S/C14H23N3O3S/c1-9-6-15-11(21-9)8-17-13(20)16-7-10(12(18)19)5-14(2,3)4/h6,10H,5,7-8H2,1-4H3,(H,18,19)(H2,16,17,20). The first kappa shape index (κ1) is 17.4. The van der Waals surface area contributed by atoms with Crippen LogP contribution in [0, 0.1) is 18.3 Å². The van der Waals surface area contributed by atoms with Crippen molar-refractivity contribution in [1.82, 2.24) is 15.6 Å². The maximum Gasteiger partial charge on any atom is 0.315 e. The highest BCUT2D eigenvalue weighted by atomic mass is 32.1. The monoisotopic (exact) mass is 313 g/mol. The molecule has 0 spiro atoms. The highest BCUT2D eigenvalue weighted by molar-refractivity contribution is 7.11. The van der Waals surface area contributed by atoms with E-state index in [1.54, 1.807) is 6.20 Å². The van der Waals surface area contributed by atoms with Crippen LogP contribution in [-0.2, 0) is 11.3 Å². The fourth-order valence-electron chi connectivity index (χ4n) is 1.90.